The maximum atomic E-state index is 13.2. The van der Waals surface area contributed by atoms with Crippen molar-refractivity contribution in [3.63, 3.8) is 0 Å². The van der Waals surface area contributed by atoms with Crippen LogP contribution in [0.2, 0.25) is 10.3 Å². The first kappa shape index (κ1) is 16.5. The standard InChI is InChI=1S/C17H12Cl2FN3O/c18-14-9-13(22-16-6-7-21-17(19)23-16)4-5-15(14)24-10-11-2-1-3-12(20)8-11/h1-9H,10H2,(H,21,22,23). The summed E-state index contributed by atoms with van der Waals surface area (Å²) in [6.45, 7) is 0.228. The summed E-state index contributed by atoms with van der Waals surface area (Å²) < 4.78 is 18.8. The number of anilines is 2. The van der Waals surface area contributed by atoms with E-state index in [-0.39, 0.29) is 17.7 Å². The summed E-state index contributed by atoms with van der Waals surface area (Å²) in [6, 6.07) is 13.1. The topological polar surface area (TPSA) is 47.0 Å². The number of aromatic nitrogens is 2. The van der Waals surface area contributed by atoms with E-state index in [1.807, 2.05) is 0 Å². The third-order valence-corrected chi connectivity index (χ3v) is 3.59. The lowest BCUT2D eigenvalue weighted by molar-refractivity contribution is 0.306. The minimum atomic E-state index is -0.301. The molecule has 2 aromatic carbocycles. The highest BCUT2D eigenvalue weighted by molar-refractivity contribution is 6.32. The van der Waals surface area contributed by atoms with Crippen molar-refractivity contribution in [3.8, 4) is 5.75 Å². The van der Waals surface area contributed by atoms with Gasteiger partial charge < -0.3 is 10.1 Å². The Morgan fingerprint density at radius 2 is 1.96 bits per heavy atom. The zero-order chi connectivity index (χ0) is 16.9. The monoisotopic (exact) mass is 363 g/mol. The molecular weight excluding hydrogens is 352 g/mol. The summed E-state index contributed by atoms with van der Waals surface area (Å²) in [5.41, 5.74) is 1.46. The molecule has 24 heavy (non-hydrogen) atoms. The Morgan fingerprint density at radius 3 is 2.71 bits per heavy atom. The summed E-state index contributed by atoms with van der Waals surface area (Å²) in [5.74, 6) is 0.761. The van der Waals surface area contributed by atoms with Crippen LogP contribution in [0.1, 0.15) is 5.56 Å². The lowest BCUT2D eigenvalue weighted by Gasteiger charge is -2.11. The van der Waals surface area contributed by atoms with E-state index in [2.05, 4.69) is 15.3 Å². The molecule has 0 amide bonds. The number of hydrogen-bond donors (Lipinski definition) is 1. The van der Waals surface area contributed by atoms with E-state index < -0.39 is 0 Å². The average Bonchev–Trinajstić information content (AvgIpc) is 2.54. The van der Waals surface area contributed by atoms with Crippen molar-refractivity contribution in [3.05, 3.63) is 76.4 Å². The molecule has 1 heterocycles. The van der Waals surface area contributed by atoms with Crippen molar-refractivity contribution >= 4 is 34.7 Å². The molecule has 3 rings (SSSR count). The zero-order valence-electron chi connectivity index (χ0n) is 12.3. The van der Waals surface area contributed by atoms with Gasteiger partial charge in [-0.05, 0) is 53.6 Å². The van der Waals surface area contributed by atoms with Crippen molar-refractivity contribution in [2.45, 2.75) is 6.61 Å². The van der Waals surface area contributed by atoms with Gasteiger partial charge in [-0.25, -0.2) is 14.4 Å². The van der Waals surface area contributed by atoms with Gasteiger partial charge in [0.15, 0.2) is 0 Å². The average molecular weight is 364 g/mol. The Morgan fingerprint density at radius 1 is 1.08 bits per heavy atom. The zero-order valence-corrected chi connectivity index (χ0v) is 13.9. The first-order chi connectivity index (χ1) is 11.6. The molecule has 3 aromatic rings. The number of benzene rings is 2. The third kappa shape index (κ3) is 4.34. The summed E-state index contributed by atoms with van der Waals surface area (Å²) in [6.07, 6.45) is 1.55. The molecule has 0 fully saturated rings. The van der Waals surface area contributed by atoms with Crippen LogP contribution in [0, 0.1) is 5.82 Å². The predicted molar refractivity (Wildman–Crippen MR) is 92.5 cm³/mol. The van der Waals surface area contributed by atoms with Gasteiger partial charge in [-0.2, -0.15) is 0 Å². The van der Waals surface area contributed by atoms with E-state index >= 15 is 0 Å². The van der Waals surface area contributed by atoms with Crippen LogP contribution in [0.25, 0.3) is 0 Å². The van der Waals surface area contributed by atoms with Crippen LogP contribution in [0.15, 0.2) is 54.7 Å². The third-order valence-electron chi connectivity index (χ3n) is 3.11. The highest BCUT2D eigenvalue weighted by atomic mass is 35.5. The molecule has 0 aliphatic carbocycles. The van der Waals surface area contributed by atoms with Crippen molar-refractivity contribution in [2.24, 2.45) is 0 Å². The Hall–Kier alpha value is -2.37. The fraction of sp³-hybridized carbons (Fsp3) is 0.0588. The van der Waals surface area contributed by atoms with E-state index in [4.69, 9.17) is 27.9 Å². The second-order valence-electron chi connectivity index (χ2n) is 4.90. The first-order valence-electron chi connectivity index (χ1n) is 7.02. The van der Waals surface area contributed by atoms with Gasteiger partial charge in [-0.15, -0.1) is 0 Å². The molecule has 0 unspecified atom stereocenters. The minimum Gasteiger partial charge on any atom is -0.487 e. The smallest absolute Gasteiger partial charge is 0.224 e. The van der Waals surface area contributed by atoms with E-state index in [9.17, 15) is 4.39 Å². The second kappa shape index (κ2) is 7.47. The Labute approximate surface area is 148 Å². The number of halogens is 3. The summed E-state index contributed by atoms with van der Waals surface area (Å²) >= 11 is 12.0. The maximum absolute atomic E-state index is 13.2. The fourth-order valence-electron chi connectivity index (χ4n) is 2.04. The normalized spacial score (nSPS) is 10.5. The molecule has 7 heteroatoms. The summed E-state index contributed by atoms with van der Waals surface area (Å²) in [5, 5.41) is 3.65. The SMILES string of the molecule is Fc1cccc(COc2ccc(Nc3ccnc(Cl)n3)cc2Cl)c1. The van der Waals surface area contributed by atoms with Crippen molar-refractivity contribution in [1.82, 2.24) is 9.97 Å². The van der Waals surface area contributed by atoms with Gasteiger partial charge in [-0.1, -0.05) is 23.7 Å². The highest BCUT2D eigenvalue weighted by Gasteiger charge is 2.05. The van der Waals surface area contributed by atoms with Gasteiger partial charge in [0.25, 0.3) is 0 Å². The van der Waals surface area contributed by atoms with Crippen LogP contribution < -0.4 is 10.1 Å². The molecule has 0 bridgehead atoms. The van der Waals surface area contributed by atoms with Crippen LogP contribution in [0.4, 0.5) is 15.9 Å². The van der Waals surface area contributed by atoms with Crippen LogP contribution in [-0.4, -0.2) is 9.97 Å². The summed E-state index contributed by atoms with van der Waals surface area (Å²) in [7, 11) is 0. The van der Waals surface area contributed by atoms with E-state index in [0.29, 0.717) is 16.6 Å². The second-order valence-corrected chi connectivity index (χ2v) is 5.64. The molecule has 1 N–H and O–H groups in total. The molecule has 1 aromatic heterocycles. The molecule has 0 aliphatic rings. The number of hydrogen-bond acceptors (Lipinski definition) is 4. The van der Waals surface area contributed by atoms with E-state index in [1.54, 1.807) is 42.6 Å². The van der Waals surface area contributed by atoms with Gasteiger partial charge in [-0.3, -0.25) is 0 Å². The molecule has 0 radical (unpaired) electrons. The molecule has 0 aliphatic heterocycles. The van der Waals surface area contributed by atoms with Gasteiger partial charge in [0, 0.05) is 11.9 Å². The lowest BCUT2D eigenvalue weighted by Crippen LogP contribution is -1.98. The number of nitrogens with one attached hydrogen (secondary N) is 1. The van der Waals surface area contributed by atoms with Gasteiger partial charge in [0.05, 0.1) is 5.02 Å². The van der Waals surface area contributed by atoms with Crippen LogP contribution in [0.5, 0.6) is 5.75 Å². The molecular formula is C17H12Cl2FN3O. The number of nitrogens with zero attached hydrogens (tertiary/aromatic N) is 2. The fourth-order valence-corrected chi connectivity index (χ4v) is 2.42. The molecule has 0 saturated carbocycles. The largest absolute Gasteiger partial charge is 0.487 e. The van der Waals surface area contributed by atoms with E-state index in [0.717, 1.165) is 11.3 Å². The number of rotatable bonds is 5. The Kier molecular flexibility index (Phi) is 5.13. The van der Waals surface area contributed by atoms with Gasteiger partial charge >= 0.3 is 0 Å². The Bertz CT molecular complexity index is 861. The van der Waals surface area contributed by atoms with Crippen molar-refractivity contribution in [1.29, 1.82) is 0 Å². The maximum Gasteiger partial charge on any atom is 0.224 e. The van der Waals surface area contributed by atoms with Gasteiger partial charge in [0.2, 0.25) is 5.28 Å². The molecule has 122 valence electrons. The predicted octanol–water partition coefficient (Wildman–Crippen LogP) is 5.25. The van der Waals surface area contributed by atoms with Crippen molar-refractivity contribution < 1.29 is 9.13 Å². The molecule has 0 saturated heterocycles. The Balaban J connectivity index is 1.68. The summed E-state index contributed by atoms with van der Waals surface area (Å²) in [4.78, 5) is 7.85. The highest BCUT2D eigenvalue weighted by Crippen LogP contribution is 2.29. The molecule has 4 nitrogen and oxygen atoms in total. The quantitative estimate of drug-likeness (QED) is 0.629. The molecule has 0 atom stereocenters. The first-order valence-corrected chi connectivity index (χ1v) is 7.78. The van der Waals surface area contributed by atoms with Gasteiger partial charge in [0.1, 0.15) is 24.0 Å². The van der Waals surface area contributed by atoms with Crippen molar-refractivity contribution in [2.75, 3.05) is 5.32 Å². The molecule has 0 spiro atoms. The van der Waals surface area contributed by atoms with Crippen LogP contribution in [-0.2, 0) is 6.61 Å². The van der Waals surface area contributed by atoms with E-state index in [1.165, 1.54) is 12.1 Å². The van der Waals surface area contributed by atoms with Crippen LogP contribution in [0.3, 0.4) is 0 Å². The lowest BCUT2D eigenvalue weighted by atomic mass is 10.2. The minimum absolute atomic E-state index is 0.154. The van der Waals surface area contributed by atoms with Crippen LogP contribution >= 0.6 is 23.2 Å². The number of ether oxygens (including phenoxy) is 1.